The number of benzene rings is 1. The highest BCUT2D eigenvalue weighted by atomic mass is 32.2. The van der Waals surface area contributed by atoms with E-state index in [1.807, 2.05) is 0 Å². The first-order valence-corrected chi connectivity index (χ1v) is 11.3. The van der Waals surface area contributed by atoms with Gasteiger partial charge in [-0.15, -0.1) is 0 Å². The molecule has 0 heterocycles. The predicted molar refractivity (Wildman–Crippen MR) is 93.1 cm³/mol. The summed E-state index contributed by atoms with van der Waals surface area (Å²) >= 11 is 0. The fourth-order valence-electron chi connectivity index (χ4n) is 2.39. The standard InChI is InChI=1S/C15H23NO7S2/c1-22-15(11-3-4-11)10-25(20,21)16-13-9-12(24(2,18)19)5-6-14(13)23-8-7-17/h5-6,9,11,15-17H,3-4,7-8,10H2,1-2H3. The van der Waals surface area contributed by atoms with Crippen molar-refractivity contribution in [1.82, 2.24) is 0 Å². The molecule has 0 radical (unpaired) electrons. The minimum absolute atomic E-state index is 0.0158. The third kappa shape index (κ3) is 5.84. The second-order valence-electron chi connectivity index (χ2n) is 6.00. The van der Waals surface area contributed by atoms with Crippen LogP contribution in [0.4, 0.5) is 5.69 Å². The average molecular weight is 393 g/mol. The van der Waals surface area contributed by atoms with E-state index in [1.54, 1.807) is 0 Å². The van der Waals surface area contributed by atoms with Crippen molar-refractivity contribution in [3.63, 3.8) is 0 Å². The summed E-state index contributed by atoms with van der Waals surface area (Å²) in [7, 11) is -5.82. The highest BCUT2D eigenvalue weighted by Gasteiger charge is 2.34. The molecule has 1 fully saturated rings. The minimum Gasteiger partial charge on any atom is -0.489 e. The van der Waals surface area contributed by atoms with Crippen LogP contribution in [0.2, 0.25) is 0 Å². The number of hydrogen-bond acceptors (Lipinski definition) is 7. The Morgan fingerprint density at radius 3 is 2.48 bits per heavy atom. The van der Waals surface area contributed by atoms with Crippen LogP contribution in [0.3, 0.4) is 0 Å². The molecule has 0 bridgehead atoms. The van der Waals surface area contributed by atoms with Crippen LogP contribution in [0.5, 0.6) is 5.75 Å². The molecule has 1 aromatic carbocycles. The molecule has 0 aromatic heterocycles. The topological polar surface area (TPSA) is 119 Å². The summed E-state index contributed by atoms with van der Waals surface area (Å²) in [6.45, 7) is -0.302. The van der Waals surface area contributed by atoms with Gasteiger partial charge in [0.2, 0.25) is 10.0 Å². The van der Waals surface area contributed by atoms with E-state index >= 15 is 0 Å². The minimum atomic E-state index is -3.77. The van der Waals surface area contributed by atoms with Crippen molar-refractivity contribution in [2.45, 2.75) is 23.8 Å². The van der Waals surface area contributed by atoms with Gasteiger partial charge in [-0.25, -0.2) is 16.8 Å². The van der Waals surface area contributed by atoms with E-state index < -0.39 is 26.0 Å². The summed E-state index contributed by atoms with van der Waals surface area (Å²) in [5.74, 6) is 0.149. The van der Waals surface area contributed by atoms with Crippen LogP contribution in [-0.4, -0.2) is 60.4 Å². The summed E-state index contributed by atoms with van der Waals surface area (Å²) in [6, 6.07) is 3.89. The fraction of sp³-hybridized carbons (Fsp3) is 0.600. The van der Waals surface area contributed by atoms with Crippen molar-refractivity contribution in [3.05, 3.63) is 18.2 Å². The van der Waals surface area contributed by atoms with Crippen LogP contribution in [0.1, 0.15) is 12.8 Å². The molecule has 2 rings (SSSR count). The smallest absolute Gasteiger partial charge is 0.235 e. The molecule has 25 heavy (non-hydrogen) atoms. The number of nitrogens with one attached hydrogen (secondary N) is 1. The summed E-state index contributed by atoms with van der Waals surface area (Å²) in [5.41, 5.74) is 0.0158. The maximum absolute atomic E-state index is 12.4. The lowest BCUT2D eigenvalue weighted by Crippen LogP contribution is -2.29. The number of hydrogen-bond donors (Lipinski definition) is 2. The molecule has 1 aliphatic rings. The van der Waals surface area contributed by atoms with Gasteiger partial charge in [0, 0.05) is 13.4 Å². The number of sulfone groups is 1. The first kappa shape index (κ1) is 20.0. The lowest BCUT2D eigenvalue weighted by atomic mass is 10.3. The normalized spacial score (nSPS) is 16.4. The van der Waals surface area contributed by atoms with Crippen LogP contribution in [0.15, 0.2) is 23.1 Å². The summed E-state index contributed by atoms with van der Waals surface area (Å²) in [5, 5.41) is 8.88. The molecular formula is C15H23NO7S2. The SMILES string of the molecule is COC(CS(=O)(=O)Nc1cc(S(C)(=O)=O)ccc1OCCO)C1CC1. The van der Waals surface area contributed by atoms with Gasteiger partial charge in [0.15, 0.2) is 9.84 Å². The maximum atomic E-state index is 12.4. The van der Waals surface area contributed by atoms with Crippen molar-refractivity contribution < 1.29 is 31.4 Å². The third-order valence-electron chi connectivity index (χ3n) is 3.83. The lowest BCUT2D eigenvalue weighted by molar-refractivity contribution is 0.103. The van der Waals surface area contributed by atoms with Gasteiger partial charge in [0.25, 0.3) is 0 Å². The van der Waals surface area contributed by atoms with Gasteiger partial charge >= 0.3 is 0 Å². The van der Waals surface area contributed by atoms with Crippen molar-refractivity contribution in [1.29, 1.82) is 0 Å². The Morgan fingerprint density at radius 1 is 1.28 bits per heavy atom. The molecule has 0 saturated heterocycles. The molecular weight excluding hydrogens is 370 g/mol. The van der Waals surface area contributed by atoms with Crippen LogP contribution < -0.4 is 9.46 Å². The first-order chi connectivity index (χ1) is 11.7. The predicted octanol–water partition coefficient (Wildman–Crippen LogP) is 0.628. The largest absolute Gasteiger partial charge is 0.489 e. The summed E-state index contributed by atoms with van der Waals surface area (Å²) in [6.07, 6.45) is 2.49. The molecule has 1 saturated carbocycles. The Bertz CT molecular complexity index is 801. The van der Waals surface area contributed by atoms with Crippen LogP contribution in [-0.2, 0) is 24.6 Å². The van der Waals surface area contributed by atoms with E-state index in [4.69, 9.17) is 14.6 Å². The lowest BCUT2D eigenvalue weighted by Gasteiger charge is -2.18. The van der Waals surface area contributed by atoms with Crippen molar-refractivity contribution in [2.24, 2.45) is 5.92 Å². The Hall–Kier alpha value is -1.36. The van der Waals surface area contributed by atoms with Crippen LogP contribution >= 0.6 is 0 Å². The third-order valence-corrected chi connectivity index (χ3v) is 6.24. The monoisotopic (exact) mass is 393 g/mol. The number of rotatable bonds is 10. The zero-order chi connectivity index (χ0) is 18.7. The zero-order valence-corrected chi connectivity index (χ0v) is 15.8. The van der Waals surface area contributed by atoms with Gasteiger partial charge in [-0.3, -0.25) is 4.72 Å². The average Bonchev–Trinajstić information content (AvgIpc) is 3.35. The van der Waals surface area contributed by atoms with E-state index in [1.165, 1.54) is 25.3 Å². The van der Waals surface area contributed by atoms with E-state index in [9.17, 15) is 16.8 Å². The first-order valence-electron chi connectivity index (χ1n) is 7.77. The number of aliphatic hydroxyl groups excluding tert-OH is 1. The number of ether oxygens (including phenoxy) is 2. The summed E-state index contributed by atoms with van der Waals surface area (Å²) < 4.78 is 61.2. The Balaban J connectivity index is 2.27. The molecule has 0 aliphatic heterocycles. The van der Waals surface area contributed by atoms with Gasteiger partial charge in [-0.2, -0.15) is 0 Å². The second kappa shape index (κ2) is 7.90. The number of methoxy groups -OCH3 is 1. The molecule has 0 amide bonds. The van der Waals surface area contributed by atoms with Crippen molar-refractivity contribution in [2.75, 3.05) is 37.1 Å². The van der Waals surface area contributed by atoms with Gasteiger partial charge in [0.05, 0.1) is 29.0 Å². The molecule has 142 valence electrons. The highest BCUT2D eigenvalue weighted by molar-refractivity contribution is 7.92. The Morgan fingerprint density at radius 2 is 1.96 bits per heavy atom. The van der Waals surface area contributed by atoms with Gasteiger partial charge < -0.3 is 14.6 Å². The fourth-order valence-corrected chi connectivity index (χ4v) is 4.46. The van der Waals surface area contributed by atoms with Crippen LogP contribution in [0.25, 0.3) is 0 Å². The molecule has 0 spiro atoms. The van der Waals surface area contributed by atoms with E-state index in [0.29, 0.717) is 0 Å². The molecule has 1 aromatic rings. The zero-order valence-electron chi connectivity index (χ0n) is 14.1. The van der Waals surface area contributed by atoms with Crippen molar-refractivity contribution in [3.8, 4) is 5.75 Å². The molecule has 1 unspecified atom stereocenters. The van der Waals surface area contributed by atoms with Gasteiger partial charge in [0.1, 0.15) is 12.4 Å². The quantitative estimate of drug-likeness (QED) is 0.598. The van der Waals surface area contributed by atoms with E-state index in [0.717, 1.165) is 19.1 Å². The van der Waals surface area contributed by atoms with E-state index in [-0.39, 0.29) is 41.2 Å². The van der Waals surface area contributed by atoms with E-state index in [2.05, 4.69) is 4.72 Å². The molecule has 1 atom stereocenters. The molecule has 8 nitrogen and oxygen atoms in total. The van der Waals surface area contributed by atoms with Gasteiger partial charge in [-0.05, 0) is 37.0 Å². The highest BCUT2D eigenvalue weighted by Crippen LogP contribution is 2.35. The molecule has 1 aliphatic carbocycles. The number of anilines is 1. The Labute approximate surface area is 148 Å². The molecule has 10 heteroatoms. The van der Waals surface area contributed by atoms with Crippen molar-refractivity contribution >= 4 is 25.5 Å². The Kier molecular flexibility index (Phi) is 6.30. The van der Waals surface area contributed by atoms with Gasteiger partial charge in [-0.1, -0.05) is 0 Å². The molecule has 2 N–H and O–H groups in total. The number of sulfonamides is 1. The number of aliphatic hydroxyl groups is 1. The second-order valence-corrected chi connectivity index (χ2v) is 9.78. The maximum Gasteiger partial charge on any atom is 0.235 e. The summed E-state index contributed by atoms with van der Waals surface area (Å²) in [4.78, 5) is -0.0352. The van der Waals surface area contributed by atoms with Crippen LogP contribution in [0, 0.1) is 5.92 Å².